The Bertz CT molecular complexity index is 1060. The fraction of sp³-hybridized carbons (Fsp3) is 0.368. The monoisotopic (exact) mass is 400 g/mol. The molecule has 2 N–H and O–H groups in total. The van der Waals surface area contributed by atoms with Crippen LogP contribution < -0.4 is 5.32 Å². The third-order valence-electron chi connectivity index (χ3n) is 4.77. The van der Waals surface area contributed by atoms with E-state index >= 15 is 0 Å². The Kier molecular flexibility index (Phi) is 4.84. The van der Waals surface area contributed by atoms with Gasteiger partial charge in [-0.3, -0.25) is 14.5 Å². The molecule has 2 aromatic heterocycles. The number of aromatic amines is 1. The van der Waals surface area contributed by atoms with Crippen LogP contribution >= 0.6 is 12.2 Å². The Hall–Kier alpha value is -2.81. The molecule has 9 heteroatoms. The van der Waals surface area contributed by atoms with Crippen LogP contribution in [-0.4, -0.2) is 30.5 Å². The standard InChI is InChI=1S/C19H21FN6OS/c1-11(2)17-15(9-22-26(17)14-5-3-12(20)4-6-14)18(27)21-10-16-23-24-19(28)25(16)13-7-8-13/h3-6,9,11,13H,7-8,10H2,1-2H3,(H,21,27)(H,24,28). The largest absolute Gasteiger partial charge is 0.345 e. The third-order valence-corrected chi connectivity index (χ3v) is 5.05. The molecule has 0 unspecified atom stereocenters. The predicted molar refractivity (Wildman–Crippen MR) is 104 cm³/mol. The maximum atomic E-state index is 13.2. The summed E-state index contributed by atoms with van der Waals surface area (Å²) in [6, 6.07) is 6.42. The number of nitrogens with one attached hydrogen (secondary N) is 2. The summed E-state index contributed by atoms with van der Waals surface area (Å²) in [7, 11) is 0. The second kappa shape index (κ2) is 7.31. The number of aromatic nitrogens is 5. The van der Waals surface area contributed by atoms with Crippen molar-refractivity contribution >= 4 is 18.1 Å². The van der Waals surface area contributed by atoms with Crippen molar-refractivity contribution in [3.05, 3.63) is 58.1 Å². The van der Waals surface area contributed by atoms with Gasteiger partial charge in [-0.15, -0.1) is 0 Å². The molecule has 1 saturated carbocycles. The molecule has 146 valence electrons. The fourth-order valence-electron chi connectivity index (χ4n) is 3.30. The second-order valence-electron chi connectivity index (χ2n) is 7.22. The van der Waals surface area contributed by atoms with Gasteiger partial charge in [-0.2, -0.15) is 10.2 Å². The lowest BCUT2D eigenvalue weighted by Crippen LogP contribution is -2.26. The van der Waals surface area contributed by atoms with Crippen molar-refractivity contribution in [1.82, 2.24) is 29.9 Å². The van der Waals surface area contributed by atoms with Gasteiger partial charge in [0.05, 0.1) is 29.7 Å². The first-order valence-electron chi connectivity index (χ1n) is 9.23. The molecule has 0 bridgehead atoms. The molecule has 1 amide bonds. The lowest BCUT2D eigenvalue weighted by atomic mass is 10.0. The first kappa shape index (κ1) is 18.5. The van der Waals surface area contributed by atoms with Crippen LogP contribution in [0.15, 0.2) is 30.5 Å². The Morgan fingerprint density at radius 2 is 2.07 bits per heavy atom. The smallest absolute Gasteiger partial charge is 0.255 e. The summed E-state index contributed by atoms with van der Waals surface area (Å²) in [6.45, 7) is 4.26. The number of hydrogen-bond donors (Lipinski definition) is 2. The van der Waals surface area contributed by atoms with E-state index in [1.165, 1.54) is 12.1 Å². The maximum Gasteiger partial charge on any atom is 0.255 e. The van der Waals surface area contributed by atoms with Crippen molar-refractivity contribution in [3.8, 4) is 5.69 Å². The van der Waals surface area contributed by atoms with Crippen LogP contribution in [0.3, 0.4) is 0 Å². The number of amides is 1. The molecule has 1 aliphatic rings. The van der Waals surface area contributed by atoms with Crippen LogP contribution in [0.2, 0.25) is 0 Å². The van der Waals surface area contributed by atoms with Crippen molar-refractivity contribution < 1.29 is 9.18 Å². The molecule has 28 heavy (non-hydrogen) atoms. The number of hydrogen-bond acceptors (Lipinski definition) is 4. The van der Waals surface area contributed by atoms with E-state index in [0.29, 0.717) is 22.1 Å². The van der Waals surface area contributed by atoms with Gasteiger partial charge in [0, 0.05) is 6.04 Å². The Labute approximate surface area is 166 Å². The van der Waals surface area contributed by atoms with Crippen LogP contribution in [0, 0.1) is 10.6 Å². The van der Waals surface area contributed by atoms with Gasteiger partial charge in [-0.1, -0.05) is 13.8 Å². The zero-order chi connectivity index (χ0) is 19.8. The molecule has 0 saturated heterocycles. The van der Waals surface area contributed by atoms with Gasteiger partial charge < -0.3 is 5.32 Å². The zero-order valence-electron chi connectivity index (χ0n) is 15.6. The number of H-pyrrole nitrogens is 1. The Morgan fingerprint density at radius 1 is 1.36 bits per heavy atom. The number of carbonyl (C=O) groups is 1. The van der Waals surface area contributed by atoms with Crippen molar-refractivity contribution in [1.29, 1.82) is 0 Å². The molecule has 0 spiro atoms. The van der Waals surface area contributed by atoms with Gasteiger partial charge in [0.15, 0.2) is 10.6 Å². The summed E-state index contributed by atoms with van der Waals surface area (Å²) >= 11 is 5.28. The average Bonchev–Trinajstić information content (AvgIpc) is 3.28. The molecule has 4 rings (SSSR count). The van der Waals surface area contributed by atoms with Gasteiger partial charge >= 0.3 is 0 Å². The average molecular weight is 400 g/mol. The van der Waals surface area contributed by atoms with E-state index in [1.807, 2.05) is 18.4 Å². The molecule has 7 nitrogen and oxygen atoms in total. The summed E-state index contributed by atoms with van der Waals surface area (Å²) in [6.07, 6.45) is 3.71. The van der Waals surface area contributed by atoms with Crippen LogP contribution in [0.1, 0.15) is 60.5 Å². The maximum absolute atomic E-state index is 13.2. The minimum Gasteiger partial charge on any atom is -0.345 e. The second-order valence-corrected chi connectivity index (χ2v) is 7.60. The molecule has 0 radical (unpaired) electrons. The van der Waals surface area contributed by atoms with E-state index in [-0.39, 0.29) is 24.2 Å². The molecule has 2 heterocycles. The highest BCUT2D eigenvalue weighted by molar-refractivity contribution is 7.71. The van der Waals surface area contributed by atoms with E-state index in [4.69, 9.17) is 12.2 Å². The number of halogens is 1. The molecule has 3 aromatic rings. The van der Waals surface area contributed by atoms with Gasteiger partial charge in [0.1, 0.15) is 5.82 Å². The highest BCUT2D eigenvalue weighted by Crippen LogP contribution is 2.35. The molecule has 0 aliphatic heterocycles. The van der Waals surface area contributed by atoms with Crippen molar-refractivity contribution in [3.63, 3.8) is 0 Å². The van der Waals surface area contributed by atoms with Crippen LogP contribution in [0.5, 0.6) is 0 Å². The van der Waals surface area contributed by atoms with Gasteiger partial charge in [-0.05, 0) is 55.2 Å². The Morgan fingerprint density at radius 3 is 2.71 bits per heavy atom. The first-order chi connectivity index (χ1) is 13.5. The summed E-state index contributed by atoms with van der Waals surface area (Å²) in [5, 5.41) is 14.3. The van der Waals surface area contributed by atoms with Gasteiger partial charge in [0.25, 0.3) is 5.91 Å². The molecule has 1 aliphatic carbocycles. The summed E-state index contributed by atoms with van der Waals surface area (Å²) in [5.41, 5.74) is 1.97. The topological polar surface area (TPSA) is 80.5 Å². The third kappa shape index (κ3) is 3.49. The lowest BCUT2D eigenvalue weighted by Gasteiger charge is -2.13. The number of benzene rings is 1. The SMILES string of the molecule is CC(C)c1c(C(=O)NCc2n[nH]c(=S)n2C2CC2)cnn1-c1ccc(F)cc1. The van der Waals surface area contributed by atoms with Crippen molar-refractivity contribution in [2.75, 3.05) is 0 Å². The number of carbonyl (C=O) groups excluding carboxylic acids is 1. The van der Waals surface area contributed by atoms with Crippen LogP contribution in [0.4, 0.5) is 4.39 Å². The molecular weight excluding hydrogens is 379 g/mol. The van der Waals surface area contributed by atoms with E-state index in [0.717, 1.165) is 24.4 Å². The quantitative estimate of drug-likeness (QED) is 0.619. The predicted octanol–water partition coefficient (Wildman–Crippen LogP) is 3.65. The summed E-state index contributed by atoms with van der Waals surface area (Å²) in [4.78, 5) is 12.8. The minimum atomic E-state index is -0.316. The van der Waals surface area contributed by atoms with E-state index in [2.05, 4.69) is 20.6 Å². The van der Waals surface area contributed by atoms with Crippen LogP contribution in [0.25, 0.3) is 5.69 Å². The number of nitrogens with zero attached hydrogens (tertiary/aromatic N) is 4. The van der Waals surface area contributed by atoms with Crippen LogP contribution in [-0.2, 0) is 6.54 Å². The zero-order valence-corrected chi connectivity index (χ0v) is 16.5. The fourth-order valence-corrected chi connectivity index (χ4v) is 3.60. The van der Waals surface area contributed by atoms with Gasteiger partial charge in [0.2, 0.25) is 0 Å². The lowest BCUT2D eigenvalue weighted by molar-refractivity contribution is 0.0948. The summed E-state index contributed by atoms with van der Waals surface area (Å²) < 4.78 is 17.5. The minimum absolute atomic E-state index is 0.0503. The Balaban J connectivity index is 1.58. The molecule has 0 atom stereocenters. The normalized spacial score (nSPS) is 13.9. The summed E-state index contributed by atoms with van der Waals surface area (Å²) in [5.74, 6) is 0.226. The van der Waals surface area contributed by atoms with E-state index in [1.54, 1.807) is 23.0 Å². The van der Waals surface area contributed by atoms with Crippen molar-refractivity contribution in [2.24, 2.45) is 0 Å². The first-order valence-corrected chi connectivity index (χ1v) is 9.64. The van der Waals surface area contributed by atoms with E-state index in [9.17, 15) is 9.18 Å². The highest BCUT2D eigenvalue weighted by Gasteiger charge is 2.27. The van der Waals surface area contributed by atoms with Crippen molar-refractivity contribution in [2.45, 2.75) is 45.2 Å². The molecule has 1 fully saturated rings. The highest BCUT2D eigenvalue weighted by atomic mass is 32.1. The molecule has 1 aromatic carbocycles. The number of rotatable bonds is 6. The molecular formula is C19H21FN6OS. The van der Waals surface area contributed by atoms with Gasteiger partial charge in [-0.25, -0.2) is 9.07 Å². The van der Waals surface area contributed by atoms with E-state index < -0.39 is 0 Å².